The van der Waals surface area contributed by atoms with Crippen LogP contribution in [0, 0.1) is 11.8 Å². The van der Waals surface area contributed by atoms with Crippen molar-refractivity contribution in [2.75, 3.05) is 13.2 Å². The Labute approximate surface area is 72.6 Å². The summed E-state index contributed by atoms with van der Waals surface area (Å²) in [6.45, 7) is 1.59. The lowest BCUT2D eigenvalue weighted by Gasteiger charge is -2.14. The topological polar surface area (TPSA) is 26.3 Å². The van der Waals surface area contributed by atoms with Crippen molar-refractivity contribution in [2.24, 2.45) is 11.8 Å². The van der Waals surface area contributed by atoms with Gasteiger partial charge in [-0.1, -0.05) is 12.2 Å². The Kier molecular flexibility index (Phi) is 2.26. The third kappa shape index (κ3) is 1.58. The van der Waals surface area contributed by atoms with E-state index >= 15 is 0 Å². The average molecular weight is 166 g/mol. The van der Waals surface area contributed by atoms with Gasteiger partial charge in [-0.25, -0.2) is 0 Å². The molecule has 1 aliphatic carbocycles. The molecule has 0 radical (unpaired) electrons. The molecule has 2 atom stereocenters. The summed E-state index contributed by atoms with van der Waals surface area (Å²) >= 11 is 0. The average Bonchev–Trinajstić information content (AvgIpc) is 2.42. The van der Waals surface area contributed by atoms with Gasteiger partial charge in [-0.3, -0.25) is 4.79 Å². The molecule has 0 aromatic carbocycles. The zero-order chi connectivity index (χ0) is 8.39. The minimum Gasteiger partial charge on any atom is -0.381 e. The molecule has 1 heterocycles. The van der Waals surface area contributed by atoms with Crippen LogP contribution >= 0.6 is 0 Å². The highest BCUT2D eigenvalue weighted by atomic mass is 16.5. The maximum atomic E-state index is 11.3. The molecule has 0 spiro atoms. The van der Waals surface area contributed by atoms with Gasteiger partial charge in [0.2, 0.25) is 0 Å². The van der Waals surface area contributed by atoms with Crippen LogP contribution in [0.25, 0.3) is 0 Å². The first-order valence-corrected chi connectivity index (χ1v) is 4.62. The lowest BCUT2D eigenvalue weighted by molar-refractivity contribution is -0.120. The molecule has 2 rings (SSSR count). The molecule has 1 aliphatic heterocycles. The number of Topliss-reactive ketones (excluding diaryl/α,β-unsaturated/α-hetero) is 1. The summed E-state index contributed by atoms with van der Waals surface area (Å²) in [5.41, 5.74) is 0. The van der Waals surface area contributed by atoms with Crippen molar-refractivity contribution in [1.29, 1.82) is 0 Å². The maximum absolute atomic E-state index is 11.3. The molecule has 2 nitrogen and oxygen atoms in total. The fraction of sp³-hybridized carbons (Fsp3) is 0.700. The van der Waals surface area contributed by atoms with E-state index in [1.54, 1.807) is 0 Å². The van der Waals surface area contributed by atoms with Crippen LogP contribution in [0.2, 0.25) is 0 Å². The van der Waals surface area contributed by atoms with E-state index in [4.69, 9.17) is 4.74 Å². The van der Waals surface area contributed by atoms with Gasteiger partial charge in [0.05, 0.1) is 13.2 Å². The van der Waals surface area contributed by atoms with E-state index < -0.39 is 0 Å². The second kappa shape index (κ2) is 3.40. The van der Waals surface area contributed by atoms with E-state index in [1.165, 1.54) is 0 Å². The van der Waals surface area contributed by atoms with Crippen LogP contribution in [0.5, 0.6) is 0 Å². The summed E-state index contributed by atoms with van der Waals surface area (Å²) in [4.78, 5) is 11.3. The smallest absolute Gasteiger partial charge is 0.133 e. The molecule has 0 unspecified atom stereocenters. The summed E-state index contributed by atoms with van der Waals surface area (Å²) in [6, 6.07) is 0. The number of allylic oxidation sites excluding steroid dienone is 1. The minimum absolute atomic E-state index is 0.403. The van der Waals surface area contributed by atoms with Gasteiger partial charge in [0, 0.05) is 18.8 Å². The quantitative estimate of drug-likeness (QED) is 0.510. The number of carbonyl (C=O) groups excluding carboxylic acids is 1. The molecule has 2 aliphatic rings. The second-order valence-electron chi connectivity index (χ2n) is 3.67. The van der Waals surface area contributed by atoms with Crippen LogP contribution in [0.15, 0.2) is 12.2 Å². The monoisotopic (exact) mass is 166 g/mol. The van der Waals surface area contributed by atoms with E-state index in [0.717, 1.165) is 32.5 Å². The molecule has 0 aromatic heterocycles. The van der Waals surface area contributed by atoms with E-state index in [9.17, 15) is 4.79 Å². The molecule has 2 heteroatoms. The van der Waals surface area contributed by atoms with Gasteiger partial charge in [0.25, 0.3) is 0 Å². The van der Waals surface area contributed by atoms with Crippen LogP contribution in [-0.4, -0.2) is 19.0 Å². The van der Waals surface area contributed by atoms with Gasteiger partial charge >= 0.3 is 0 Å². The highest BCUT2D eigenvalue weighted by molar-refractivity contribution is 5.79. The molecule has 0 saturated carbocycles. The van der Waals surface area contributed by atoms with Crippen LogP contribution in [0.4, 0.5) is 0 Å². The zero-order valence-corrected chi connectivity index (χ0v) is 7.16. The number of hydrogen-bond donors (Lipinski definition) is 0. The summed E-state index contributed by atoms with van der Waals surface area (Å²) in [7, 11) is 0. The molecule has 1 saturated heterocycles. The third-order valence-electron chi connectivity index (χ3n) is 2.71. The van der Waals surface area contributed by atoms with Crippen molar-refractivity contribution in [2.45, 2.75) is 19.3 Å². The van der Waals surface area contributed by atoms with E-state index in [-0.39, 0.29) is 0 Å². The van der Waals surface area contributed by atoms with Gasteiger partial charge in [-0.15, -0.1) is 0 Å². The standard InChI is InChI=1S/C10H14O2/c11-10-4-2-1-3-8-6-12-7-9(8)5-10/h1,3,8-9H,2,4-7H2/b3-1-/t8-,9+/m1/s1. The Hall–Kier alpha value is -0.630. The maximum Gasteiger partial charge on any atom is 0.133 e. The SMILES string of the molecule is O=C1CC/C=C\[C@@H]2COC[C@@H]2C1. The summed E-state index contributed by atoms with van der Waals surface area (Å²) in [5.74, 6) is 1.38. The van der Waals surface area contributed by atoms with Crippen molar-refractivity contribution in [3.63, 3.8) is 0 Å². The fourth-order valence-corrected chi connectivity index (χ4v) is 1.95. The predicted molar refractivity (Wildman–Crippen MR) is 45.8 cm³/mol. The first kappa shape index (κ1) is 7.99. The molecule has 12 heavy (non-hydrogen) atoms. The molecular weight excluding hydrogens is 152 g/mol. The number of carbonyl (C=O) groups is 1. The first-order chi connectivity index (χ1) is 5.86. The Morgan fingerprint density at radius 3 is 3.25 bits per heavy atom. The predicted octanol–water partition coefficient (Wildman–Crippen LogP) is 1.56. The van der Waals surface area contributed by atoms with Crippen LogP contribution in [0.1, 0.15) is 19.3 Å². The molecule has 0 amide bonds. The summed E-state index contributed by atoms with van der Waals surface area (Å²) in [5, 5.41) is 0. The first-order valence-electron chi connectivity index (χ1n) is 4.62. The Morgan fingerprint density at radius 2 is 2.33 bits per heavy atom. The van der Waals surface area contributed by atoms with Gasteiger partial charge in [0.15, 0.2) is 0 Å². The van der Waals surface area contributed by atoms with Crippen LogP contribution in [-0.2, 0) is 9.53 Å². The molecule has 0 aromatic rings. The van der Waals surface area contributed by atoms with Crippen molar-refractivity contribution >= 4 is 5.78 Å². The number of rotatable bonds is 0. The minimum atomic E-state index is 0.403. The van der Waals surface area contributed by atoms with Crippen LogP contribution < -0.4 is 0 Å². The molecule has 0 bridgehead atoms. The molecular formula is C10H14O2. The van der Waals surface area contributed by atoms with Gasteiger partial charge in [-0.05, 0) is 12.3 Å². The van der Waals surface area contributed by atoms with Crippen molar-refractivity contribution in [3.05, 3.63) is 12.2 Å². The Bertz CT molecular complexity index is 208. The van der Waals surface area contributed by atoms with Crippen molar-refractivity contribution in [1.82, 2.24) is 0 Å². The third-order valence-corrected chi connectivity index (χ3v) is 2.71. The molecule has 66 valence electrons. The van der Waals surface area contributed by atoms with E-state index in [0.29, 0.717) is 17.6 Å². The lowest BCUT2D eigenvalue weighted by atomic mass is 9.88. The van der Waals surface area contributed by atoms with Crippen molar-refractivity contribution in [3.8, 4) is 0 Å². The summed E-state index contributed by atoms with van der Waals surface area (Å²) in [6.07, 6.45) is 6.73. The number of ketones is 1. The molecule has 1 fully saturated rings. The number of fused-ring (bicyclic) bond motifs is 1. The zero-order valence-electron chi connectivity index (χ0n) is 7.16. The van der Waals surface area contributed by atoms with Gasteiger partial charge in [0.1, 0.15) is 5.78 Å². The normalized spacial score (nSPS) is 38.5. The van der Waals surface area contributed by atoms with Gasteiger partial charge in [-0.2, -0.15) is 0 Å². The number of ether oxygens (including phenoxy) is 1. The highest BCUT2D eigenvalue weighted by Crippen LogP contribution is 2.27. The van der Waals surface area contributed by atoms with Crippen molar-refractivity contribution < 1.29 is 9.53 Å². The molecule has 0 N–H and O–H groups in total. The highest BCUT2D eigenvalue weighted by Gasteiger charge is 2.28. The van der Waals surface area contributed by atoms with E-state index in [1.807, 2.05) is 0 Å². The Morgan fingerprint density at radius 1 is 1.42 bits per heavy atom. The largest absolute Gasteiger partial charge is 0.381 e. The Balaban J connectivity index is 2.09. The number of hydrogen-bond acceptors (Lipinski definition) is 2. The lowest BCUT2D eigenvalue weighted by Crippen LogP contribution is -2.16. The second-order valence-corrected chi connectivity index (χ2v) is 3.67. The summed E-state index contributed by atoms with van der Waals surface area (Å²) < 4.78 is 5.35. The fourth-order valence-electron chi connectivity index (χ4n) is 1.95. The van der Waals surface area contributed by atoms with Gasteiger partial charge < -0.3 is 4.74 Å². The van der Waals surface area contributed by atoms with E-state index in [2.05, 4.69) is 12.2 Å². The van der Waals surface area contributed by atoms with Crippen LogP contribution in [0.3, 0.4) is 0 Å².